The summed E-state index contributed by atoms with van der Waals surface area (Å²) >= 11 is 9.32. The topological polar surface area (TPSA) is 45.2 Å². The van der Waals surface area contributed by atoms with Crippen molar-refractivity contribution >= 4 is 33.4 Å². The molecule has 2 rings (SSSR count). The van der Waals surface area contributed by atoms with Crippen molar-refractivity contribution in [2.24, 2.45) is 0 Å². The van der Waals surface area contributed by atoms with Crippen LogP contribution in [-0.4, -0.2) is 41.5 Å². The number of carbonyl (C=O) groups excluding carboxylic acids is 1. The number of rotatable bonds is 2. The zero-order chi connectivity index (χ0) is 14.0. The predicted octanol–water partition coefficient (Wildman–Crippen LogP) is 2.71. The van der Waals surface area contributed by atoms with Crippen molar-refractivity contribution in [2.75, 3.05) is 13.6 Å². The number of hydrogen-bond donors (Lipinski definition) is 1. The summed E-state index contributed by atoms with van der Waals surface area (Å²) in [7, 11) is 2.11. The molecule has 19 heavy (non-hydrogen) atoms. The molecule has 4 nitrogen and oxygen atoms in total. The maximum absolute atomic E-state index is 12.3. The minimum absolute atomic E-state index is 0.160. The van der Waals surface area contributed by atoms with Gasteiger partial charge in [0.15, 0.2) is 0 Å². The van der Waals surface area contributed by atoms with Crippen LogP contribution in [0, 0.1) is 0 Å². The largest absolute Gasteiger partial charge is 0.349 e. The van der Waals surface area contributed by atoms with E-state index in [0.29, 0.717) is 21.2 Å². The van der Waals surface area contributed by atoms with E-state index < -0.39 is 0 Å². The minimum atomic E-state index is -0.160. The van der Waals surface area contributed by atoms with Crippen LogP contribution < -0.4 is 5.32 Å². The first-order valence-electron chi connectivity index (χ1n) is 6.30. The van der Waals surface area contributed by atoms with Gasteiger partial charge in [-0.15, -0.1) is 0 Å². The quantitative estimate of drug-likeness (QED) is 0.838. The molecule has 1 aliphatic rings. The Morgan fingerprint density at radius 1 is 1.63 bits per heavy atom. The predicted molar refractivity (Wildman–Crippen MR) is 79.5 cm³/mol. The van der Waals surface area contributed by atoms with Crippen LogP contribution in [0.4, 0.5) is 0 Å². The number of halogens is 2. The molecule has 0 spiro atoms. The van der Waals surface area contributed by atoms with E-state index in [1.807, 2.05) is 0 Å². The number of aromatic nitrogens is 1. The number of nitrogens with one attached hydrogen (secondary N) is 1. The Hall–Kier alpha value is -0.650. The Bertz CT molecular complexity index is 463. The van der Waals surface area contributed by atoms with Crippen LogP contribution in [0.3, 0.4) is 0 Å². The lowest BCUT2D eigenvalue weighted by Crippen LogP contribution is -2.47. The summed E-state index contributed by atoms with van der Waals surface area (Å²) in [5.41, 5.74) is 0.413. The van der Waals surface area contributed by atoms with Crippen LogP contribution in [0.25, 0.3) is 0 Å². The Morgan fingerprint density at radius 3 is 3.00 bits per heavy atom. The number of piperidine rings is 1. The van der Waals surface area contributed by atoms with Gasteiger partial charge in [-0.2, -0.15) is 0 Å². The van der Waals surface area contributed by atoms with Crippen LogP contribution in [0.1, 0.15) is 30.1 Å². The molecule has 1 amide bonds. The summed E-state index contributed by atoms with van der Waals surface area (Å²) in [4.78, 5) is 18.6. The molecule has 2 unspecified atom stereocenters. The van der Waals surface area contributed by atoms with Gasteiger partial charge in [0, 0.05) is 24.8 Å². The number of amides is 1. The summed E-state index contributed by atoms with van der Waals surface area (Å²) in [5.74, 6) is -0.160. The van der Waals surface area contributed by atoms with Gasteiger partial charge in [0.25, 0.3) is 5.91 Å². The smallest absolute Gasteiger partial charge is 0.255 e. The Balaban J connectivity index is 2.06. The minimum Gasteiger partial charge on any atom is -0.349 e. The summed E-state index contributed by atoms with van der Waals surface area (Å²) in [6, 6.07) is 2.30. The molecule has 0 aliphatic carbocycles. The molecule has 1 aromatic heterocycles. The molecule has 0 bridgehead atoms. The third-order valence-electron chi connectivity index (χ3n) is 3.62. The fourth-order valence-electron chi connectivity index (χ4n) is 2.29. The van der Waals surface area contributed by atoms with E-state index in [-0.39, 0.29) is 11.9 Å². The van der Waals surface area contributed by atoms with Crippen LogP contribution in [0.2, 0.25) is 5.02 Å². The van der Waals surface area contributed by atoms with Gasteiger partial charge >= 0.3 is 0 Å². The van der Waals surface area contributed by atoms with E-state index in [1.54, 1.807) is 12.3 Å². The zero-order valence-corrected chi connectivity index (χ0v) is 13.3. The Morgan fingerprint density at radius 2 is 2.37 bits per heavy atom. The van der Waals surface area contributed by atoms with Crippen molar-refractivity contribution in [3.05, 3.63) is 27.5 Å². The highest BCUT2D eigenvalue weighted by molar-refractivity contribution is 9.10. The second kappa shape index (κ2) is 6.20. The lowest BCUT2D eigenvalue weighted by Gasteiger charge is -2.35. The summed E-state index contributed by atoms with van der Waals surface area (Å²) in [5, 5.41) is 3.46. The molecule has 0 radical (unpaired) electrons. The van der Waals surface area contributed by atoms with Crippen LogP contribution >= 0.6 is 27.5 Å². The summed E-state index contributed by atoms with van der Waals surface area (Å²) < 4.78 is 0.485. The van der Waals surface area contributed by atoms with E-state index in [4.69, 9.17) is 11.6 Å². The zero-order valence-electron chi connectivity index (χ0n) is 11.0. The lowest BCUT2D eigenvalue weighted by atomic mass is 9.98. The fraction of sp³-hybridized carbons (Fsp3) is 0.538. The van der Waals surface area contributed by atoms with Gasteiger partial charge in [0.05, 0.1) is 10.6 Å². The third kappa shape index (κ3) is 3.46. The highest BCUT2D eigenvalue weighted by Crippen LogP contribution is 2.23. The van der Waals surface area contributed by atoms with Crippen molar-refractivity contribution in [1.29, 1.82) is 0 Å². The molecule has 1 aliphatic heterocycles. The number of pyridine rings is 1. The SMILES string of the molecule is CC1CC(NC(=O)c2c(Cl)ccnc2Br)CCN1C. The van der Waals surface area contributed by atoms with Gasteiger partial charge in [0.1, 0.15) is 4.60 Å². The molecule has 0 saturated carbocycles. The van der Waals surface area contributed by atoms with Crippen LogP contribution in [0.15, 0.2) is 16.9 Å². The molecule has 104 valence electrons. The van der Waals surface area contributed by atoms with E-state index in [0.717, 1.165) is 19.4 Å². The van der Waals surface area contributed by atoms with E-state index in [2.05, 4.69) is 45.1 Å². The molecular weight excluding hydrogens is 330 g/mol. The standard InChI is InChI=1S/C13H17BrClN3O/c1-8-7-9(4-6-18(8)2)17-13(19)11-10(15)3-5-16-12(11)14/h3,5,8-9H,4,6-7H2,1-2H3,(H,17,19). The van der Waals surface area contributed by atoms with E-state index >= 15 is 0 Å². The lowest BCUT2D eigenvalue weighted by molar-refractivity contribution is 0.0895. The highest BCUT2D eigenvalue weighted by Gasteiger charge is 2.25. The fourth-order valence-corrected chi connectivity index (χ4v) is 3.15. The Labute approximate surface area is 126 Å². The first-order chi connectivity index (χ1) is 8.99. The van der Waals surface area contributed by atoms with Gasteiger partial charge in [-0.05, 0) is 48.8 Å². The normalized spacial score (nSPS) is 24.2. The molecule has 2 heterocycles. The molecule has 1 saturated heterocycles. The number of hydrogen-bond acceptors (Lipinski definition) is 3. The molecule has 1 fully saturated rings. The van der Waals surface area contributed by atoms with Crippen molar-refractivity contribution in [2.45, 2.75) is 31.8 Å². The van der Waals surface area contributed by atoms with E-state index in [9.17, 15) is 4.79 Å². The highest BCUT2D eigenvalue weighted by atomic mass is 79.9. The second-order valence-corrected chi connectivity index (χ2v) is 6.14. The van der Waals surface area contributed by atoms with Crippen molar-refractivity contribution in [3.8, 4) is 0 Å². The van der Waals surface area contributed by atoms with Gasteiger partial charge < -0.3 is 10.2 Å². The van der Waals surface area contributed by atoms with Gasteiger partial charge in [-0.25, -0.2) is 4.98 Å². The molecule has 0 aromatic carbocycles. The number of nitrogens with zero attached hydrogens (tertiary/aromatic N) is 2. The van der Waals surface area contributed by atoms with Crippen LogP contribution in [-0.2, 0) is 0 Å². The molecular formula is C13H17BrClN3O. The first kappa shape index (κ1) is 14.8. The molecule has 6 heteroatoms. The van der Waals surface area contributed by atoms with Gasteiger partial charge in [0.2, 0.25) is 0 Å². The monoisotopic (exact) mass is 345 g/mol. The number of likely N-dealkylation sites (tertiary alicyclic amines) is 1. The van der Waals surface area contributed by atoms with Crippen LogP contribution in [0.5, 0.6) is 0 Å². The molecule has 1 aromatic rings. The van der Waals surface area contributed by atoms with Crippen molar-refractivity contribution in [1.82, 2.24) is 15.2 Å². The summed E-state index contributed by atoms with van der Waals surface area (Å²) in [6.07, 6.45) is 3.49. The first-order valence-corrected chi connectivity index (χ1v) is 7.47. The van der Waals surface area contributed by atoms with E-state index in [1.165, 1.54) is 0 Å². The maximum Gasteiger partial charge on any atom is 0.255 e. The van der Waals surface area contributed by atoms with Gasteiger partial charge in [-0.1, -0.05) is 11.6 Å². The Kier molecular flexibility index (Phi) is 4.81. The number of carbonyl (C=O) groups is 1. The molecule has 2 atom stereocenters. The van der Waals surface area contributed by atoms with Crippen molar-refractivity contribution in [3.63, 3.8) is 0 Å². The third-order valence-corrected chi connectivity index (χ3v) is 4.54. The molecule has 1 N–H and O–H groups in total. The average Bonchev–Trinajstić information content (AvgIpc) is 2.33. The average molecular weight is 347 g/mol. The van der Waals surface area contributed by atoms with Gasteiger partial charge in [-0.3, -0.25) is 4.79 Å². The second-order valence-electron chi connectivity index (χ2n) is 4.98. The maximum atomic E-state index is 12.3. The van der Waals surface area contributed by atoms with Crippen molar-refractivity contribution < 1.29 is 4.79 Å². The summed E-state index contributed by atoms with van der Waals surface area (Å²) in [6.45, 7) is 3.17.